The summed E-state index contributed by atoms with van der Waals surface area (Å²) in [5, 5.41) is 13.1. The molecule has 28 heavy (non-hydrogen) atoms. The molecule has 1 aliphatic heterocycles. The molecule has 2 aliphatic rings. The van der Waals surface area contributed by atoms with Gasteiger partial charge in [-0.25, -0.2) is 4.98 Å². The number of hydrogen-bond acceptors (Lipinski definition) is 5. The molecule has 1 saturated carbocycles. The van der Waals surface area contributed by atoms with Crippen LogP contribution < -0.4 is 10.2 Å². The first-order valence-corrected chi connectivity index (χ1v) is 10.5. The molecule has 0 spiro atoms. The van der Waals surface area contributed by atoms with E-state index in [4.69, 9.17) is 9.97 Å². The van der Waals surface area contributed by atoms with Crippen LogP contribution in [0.3, 0.4) is 0 Å². The molecule has 0 unspecified atom stereocenters. The van der Waals surface area contributed by atoms with E-state index in [1.165, 1.54) is 24.0 Å². The van der Waals surface area contributed by atoms with Crippen molar-refractivity contribution in [3.63, 3.8) is 0 Å². The van der Waals surface area contributed by atoms with E-state index < -0.39 is 0 Å². The van der Waals surface area contributed by atoms with Gasteiger partial charge < -0.3 is 15.3 Å². The topological polar surface area (TPSA) is 61.3 Å². The Kier molecular flexibility index (Phi) is 5.04. The summed E-state index contributed by atoms with van der Waals surface area (Å²) in [6.45, 7) is 9.72. The van der Waals surface area contributed by atoms with E-state index >= 15 is 0 Å². The van der Waals surface area contributed by atoms with Crippen molar-refractivity contribution in [3.05, 3.63) is 47.2 Å². The molecule has 0 amide bonds. The molecule has 2 heterocycles. The Labute approximate surface area is 168 Å². The highest BCUT2D eigenvalue weighted by molar-refractivity contribution is 5.52. The highest BCUT2D eigenvalue weighted by atomic mass is 16.3. The monoisotopic (exact) mass is 380 g/mol. The van der Waals surface area contributed by atoms with Crippen LogP contribution in [0.4, 0.5) is 11.8 Å². The maximum Gasteiger partial charge on any atom is 0.225 e. The zero-order chi connectivity index (χ0) is 19.9. The van der Waals surface area contributed by atoms with Gasteiger partial charge in [-0.2, -0.15) is 4.98 Å². The van der Waals surface area contributed by atoms with Crippen LogP contribution in [-0.4, -0.2) is 33.3 Å². The van der Waals surface area contributed by atoms with E-state index in [-0.39, 0.29) is 18.2 Å². The second-order valence-corrected chi connectivity index (χ2v) is 9.27. The summed E-state index contributed by atoms with van der Waals surface area (Å²) in [6, 6.07) is 10.8. The average molecular weight is 381 g/mol. The van der Waals surface area contributed by atoms with Crippen LogP contribution in [0.15, 0.2) is 30.3 Å². The lowest BCUT2D eigenvalue weighted by atomic mass is 9.85. The Bertz CT molecular complexity index is 844. The molecular formula is C23H32N4O. The van der Waals surface area contributed by atoms with Crippen molar-refractivity contribution in [1.82, 2.24) is 9.97 Å². The minimum Gasteiger partial charge on any atom is -0.394 e. The summed E-state index contributed by atoms with van der Waals surface area (Å²) >= 11 is 0. The molecule has 0 saturated heterocycles. The average Bonchev–Trinajstić information content (AvgIpc) is 3.49. The standard InChI is InChI=1S/C23H32N4O/c1-15(2)20(14-28)25-22-24-19(16-9-10-16)11-21(26-22)27-13-18-8-6-5-7-17(18)12-23(27,3)4/h5-8,11,15-16,20,28H,9-10,12-14H2,1-4H3,(H,24,25,26)/t20-/m1/s1. The number of anilines is 2. The predicted octanol–water partition coefficient (Wildman–Crippen LogP) is 4.12. The molecule has 150 valence electrons. The van der Waals surface area contributed by atoms with Gasteiger partial charge in [0.05, 0.1) is 18.3 Å². The van der Waals surface area contributed by atoms with Crippen LogP contribution in [0.5, 0.6) is 0 Å². The second-order valence-electron chi connectivity index (χ2n) is 9.27. The fraction of sp³-hybridized carbons (Fsp3) is 0.565. The number of aromatic nitrogens is 2. The summed E-state index contributed by atoms with van der Waals surface area (Å²) in [6.07, 6.45) is 3.41. The highest BCUT2D eigenvalue weighted by Gasteiger charge is 2.35. The molecule has 2 aromatic rings. The van der Waals surface area contributed by atoms with Gasteiger partial charge in [0, 0.05) is 24.1 Å². The van der Waals surface area contributed by atoms with Gasteiger partial charge in [0.15, 0.2) is 0 Å². The van der Waals surface area contributed by atoms with E-state index in [9.17, 15) is 5.11 Å². The van der Waals surface area contributed by atoms with E-state index in [1.807, 2.05) is 0 Å². The fourth-order valence-corrected chi connectivity index (χ4v) is 4.05. The van der Waals surface area contributed by atoms with Gasteiger partial charge in [-0.1, -0.05) is 38.1 Å². The van der Waals surface area contributed by atoms with Crippen LogP contribution in [0.1, 0.15) is 63.3 Å². The molecule has 1 aromatic heterocycles. The summed E-state index contributed by atoms with van der Waals surface area (Å²) in [7, 11) is 0. The van der Waals surface area contributed by atoms with Crippen LogP contribution in [-0.2, 0) is 13.0 Å². The Morgan fingerprint density at radius 2 is 1.89 bits per heavy atom. The summed E-state index contributed by atoms with van der Waals surface area (Å²) < 4.78 is 0. The quantitative estimate of drug-likeness (QED) is 0.789. The third-order valence-corrected chi connectivity index (χ3v) is 6.12. The summed E-state index contributed by atoms with van der Waals surface area (Å²) in [4.78, 5) is 12.1. The van der Waals surface area contributed by atoms with Gasteiger partial charge in [0.2, 0.25) is 5.95 Å². The van der Waals surface area contributed by atoms with E-state index in [1.54, 1.807) is 0 Å². The molecule has 4 rings (SSSR count). The number of aliphatic hydroxyl groups is 1. The van der Waals surface area contributed by atoms with E-state index in [2.05, 4.69) is 68.2 Å². The fourth-order valence-electron chi connectivity index (χ4n) is 4.05. The van der Waals surface area contributed by atoms with Crippen molar-refractivity contribution in [3.8, 4) is 0 Å². The largest absolute Gasteiger partial charge is 0.394 e. The second kappa shape index (κ2) is 7.36. The normalized spacial score (nSPS) is 19.4. The number of nitrogens with one attached hydrogen (secondary N) is 1. The van der Waals surface area contributed by atoms with Crippen molar-refractivity contribution in [2.75, 3.05) is 16.8 Å². The maximum absolute atomic E-state index is 9.73. The van der Waals surface area contributed by atoms with Gasteiger partial charge in [0.1, 0.15) is 5.82 Å². The van der Waals surface area contributed by atoms with Gasteiger partial charge >= 0.3 is 0 Å². The Morgan fingerprint density at radius 1 is 1.18 bits per heavy atom. The van der Waals surface area contributed by atoms with Crippen molar-refractivity contribution in [1.29, 1.82) is 0 Å². The van der Waals surface area contributed by atoms with Crippen molar-refractivity contribution < 1.29 is 5.11 Å². The molecule has 5 nitrogen and oxygen atoms in total. The van der Waals surface area contributed by atoms with Crippen LogP contribution in [0.2, 0.25) is 0 Å². The minimum atomic E-state index is -0.0441. The molecule has 1 fully saturated rings. The van der Waals surface area contributed by atoms with Gasteiger partial charge in [-0.3, -0.25) is 0 Å². The maximum atomic E-state index is 9.73. The number of benzene rings is 1. The Morgan fingerprint density at radius 3 is 2.54 bits per heavy atom. The third-order valence-electron chi connectivity index (χ3n) is 6.12. The predicted molar refractivity (Wildman–Crippen MR) is 114 cm³/mol. The van der Waals surface area contributed by atoms with Crippen LogP contribution in [0, 0.1) is 5.92 Å². The first kappa shape index (κ1) is 19.2. The SMILES string of the molecule is CC(C)[C@@H](CO)Nc1nc(C2CC2)cc(N2Cc3ccccc3CC2(C)C)n1. The number of fused-ring (bicyclic) bond motifs is 1. The van der Waals surface area contributed by atoms with Crippen molar-refractivity contribution in [2.24, 2.45) is 5.92 Å². The van der Waals surface area contributed by atoms with Gasteiger partial charge in [-0.15, -0.1) is 0 Å². The van der Waals surface area contributed by atoms with Crippen LogP contribution >= 0.6 is 0 Å². The Hall–Kier alpha value is -2.14. The minimum absolute atomic E-state index is 0.0186. The summed E-state index contributed by atoms with van der Waals surface area (Å²) in [5.41, 5.74) is 3.91. The van der Waals surface area contributed by atoms with Gasteiger partial charge in [-0.05, 0) is 50.2 Å². The highest BCUT2D eigenvalue weighted by Crippen LogP contribution is 2.42. The molecule has 0 bridgehead atoms. The number of hydrogen-bond donors (Lipinski definition) is 2. The molecule has 1 aromatic carbocycles. The Balaban J connectivity index is 1.70. The van der Waals surface area contributed by atoms with Crippen LogP contribution in [0.25, 0.3) is 0 Å². The first-order chi connectivity index (χ1) is 13.4. The number of aliphatic hydroxyl groups excluding tert-OH is 1. The zero-order valence-corrected chi connectivity index (χ0v) is 17.4. The summed E-state index contributed by atoms with van der Waals surface area (Å²) in [5.74, 6) is 2.48. The lowest BCUT2D eigenvalue weighted by Crippen LogP contribution is -2.49. The lowest BCUT2D eigenvalue weighted by molar-refractivity contribution is 0.248. The molecule has 1 atom stereocenters. The van der Waals surface area contributed by atoms with Gasteiger partial charge in [0.25, 0.3) is 0 Å². The zero-order valence-electron chi connectivity index (χ0n) is 17.4. The van der Waals surface area contributed by atoms with E-state index in [0.29, 0.717) is 17.8 Å². The molecule has 1 aliphatic carbocycles. The third kappa shape index (κ3) is 3.86. The van der Waals surface area contributed by atoms with E-state index in [0.717, 1.165) is 24.5 Å². The molecular weight excluding hydrogens is 348 g/mol. The molecule has 2 N–H and O–H groups in total. The molecule has 0 radical (unpaired) electrons. The number of rotatable bonds is 6. The molecule has 5 heteroatoms. The smallest absolute Gasteiger partial charge is 0.225 e. The lowest BCUT2D eigenvalue weighted by Gasteiger charge is -2.44. The van der Waals surface area contributed by atoms with Crippen molar-refractivity contribution >= 4 is 11.8 Å². The first-order valence-electron chi connectivity index (χ1n) is 10.5. The number of nitrogens with zero attached hydrogens (tertiary/aromatic N) is 3. The van der Waals surface area contributed by atoms with Crippen molar-refractivity contribution in [2.45, 2.75) is 71.0 Å².